The maximum Gasteiger partial charge on any atom is 0.387 e. The molecular formula is C28H30F2N4O4. The molecule has 0 spiro atoms. The van der Waals surface area contributed by atoms with E-state index in [0.29, 0.717) is 18.1 Å². The summed E-state index contributed by atoms with van der Waals surface area (Å²) in [6, 6.07) is 7.48. The van der Waals surface area contributed by atoms with Crippen LogP contribution in [0.1, 0.15) is 66.2 Å². The number of nitrogens with one attached hydrogen (secondary N) is 1. The first kappa shape index (κ1) is 24.8. The summed E-state index contributed by atoms with van der Waals surface area (Å²) in [4.78, 5) is 26.1. The standard InChI is InChI=1S/C28H30F2N4O4/c1-36-27(35)23-13-32-25(14-31-23)34-17-8-9-18(34)11-19(10-17)37-15-22-21(12-33-26(22)16-6-7-16)20-4-2-3-5-24(20)38-28(29)30/h2-5,12-14,16-19,28,33H,6-11,15H2,1H3. The molecule has 3 aromatic rings. The second-order valence-electron chi connectivity index (χ2n) is 10.2. The second-order valence-corrected chi connectivity index (χ2v) is 10.2. The van der Waals surface area contributed by atoms with Gasteiger partial charge in [-0.3, -0.25) is 0 Å². The topological polar surface area (TPSA) is 89.6 Å². The van der Waals surface area contributed by atoms with E-state index >= 15 is 0 Å². The fourth-order valence-electron chi connectivity index (χ4n) is 5.99. The number of fused-ring (bicyclic) bond motifs is 2. The predicted octanol–water partition coefficient (Wildman–Crippen LogP) is 5.45. The minimum Gasteiger partial charge on any atom is -0.464 e. The van der Waals surface area contributed by atoms with Crippen LogP contribution in [0, 0.1) is 0 Å². The summed E-state index contributed by atoms with van der Waals surface area (Å²) >= 11 is 0. The van der Waals surface area contributed by atoms with Crippen LogP contribution in [0.4, 0.5) is 14.6 Å². The number of para-hydroxylation sites is 1. The first-order chi connectivity index (χ1) is 18.5. The van der Waals surface area contributed by atoms with E-state index in [1.54, 1.807) is 18.3 Å². The molecule has 1 N–H and O–H groups in total. The minimum absolute atomic E-state index is 0.0772. The number of carbonyl (C=O) groups is 1. The van der Waals surface area contributed by atoms with Crippen LogP contribution in [0.15, 0.2) is 42.9 Å². The number of alkyl halides is 2. The Hall–Kier alpha value is -3.53. The highest BCUT2D eigenvalue weighted by Crippen LogP contribution is 2.46. The van der Waals surface area contributed by atoms with Crippen molar-refractivity contribution in [1.29, 1.82) is 0 Å². The van der Waals surface area contributed by atoms with Gasteiger partial charge in [0.15, 0.2) is 5.69 Å². The van der Waals surface area contributed by atoms with E-state index in [0.717, 1.165) is 61.2 Å². The molecule has 3 fully saturated rings. The highest BCUT2D eigenvalue weighted by atomic mass is 19.3. The molecule has 2 aromatic heterocycles. The number of aromatic amines is 1. The zero-order valence-electron chi connectivity index (χ0n) is 21.1. The lowest BCUT2D eigenvalue weighted by Crippen LogP contribution is -2.46. The molecule has 4 heterocycles. The smallest absolute Gasteiger partial charge is 0.387 e. The van der Waals surface area contributed by atoms with Crippen molar-refractivity contribution in [2.24, 2.45) is 0 Å². The number of aromatic nitrogens is 3. The minimum atomic E-state index is -2.89. The fraction of sp³-hybridized carbons (Fsp3) is 0.464. The van der Waals surface area contributed by atoms with Crippen LogP contribution in [0.5, 0.6) is 5.75 Å². The molecule has 2 saturated heterocycles. The Morgan fingerprint density at radius 3 is 2.50 bits per heavy atom. The average Bonchev–Trinajstić information content (AvgIpc) is 3.63. The molecule has 10 heteroatoms. The van der Waals surface area contributed by atoms with Gasteiger partial charge in [0.05, 0.1) is 32.2 Å². The van der Waals surface area contributed by atoms with E-state index in [4.69, 9.17) is 14.2 Å². The van der Waals surface area contributed by atoms with Gasteiger partial charge < -0.3 is 24.1 Å². The highest BCUT2D eigenvalue weighted by molar-refractivity contribution is 5.86. The number of piperidine rings is 1. The number of carbonyl (C=O) groups excluding carboxylic acids is 1. The van der Waals surface area contributed by atoms with Gasteiger partial charge in [-0.1, -0.05) is 18.2 Å². The largest absolute Gasteiger partial charge is 0.464 e. The van der Waals surface area contributed by atoms with Crippen molar-refractivity contribution < 1.29 is 27.8 Å². The van der Waals surface area contributed by atoms with E-state index < -0.39 is 12.6 Å². The molecule has 2 unspecified atom stereocenters. The second kappa shape index (κ2) is 10.3. The number of methoxy groups -OCH3 is 1. The molecule has 38 heavy (non-hydrogen) atoms. The Balaban J connectivity index is 1.17. The number of benzene rings is 1. The van der Waals surface area contributed by atoms with Crippen molar-refractivity contribution in [1.82, 2.24) is 15.0 Å². The van der Waals surface area contributed by atoms with Crippen LogP contribution in [0.3, 0.4) is 0 Å². The summed E-state index contributed by atoms with van der Waals surface area (Å²) in [5, 5.41) is 0. The van der Waals surface area contributed by atoms with Gasteiger partial charge in [0.25, 0.3) is 0 Å². The third-order valence-electron chi connectivity index (χ3n) is 7.85. The average molecular weight is 525 g/mol. The first-order valence-electron chi connectivity index (χ1n) is 13.1. The van der Waals surface area contributed by atoms with Crippen molar-refractivity contribution in [2.75, 3.05) is 12.0 Å². The number of H-pyrrole nitrogens is 1. The van der Waals surface area contributed by atoms with Crippen LogP contribution >= 0.6 is 0 Å². The first-order valence-corrected chi connectivity index (χ1v) is 13.1. The molecule has 6 rings (SSSR count). The van der Waals surface area contributed by atoms with Crippen LogP contribution in [0.25, 0.3) is 11.1 Å². The molecule has 2 bridgehead atoms. The zero-order chi connectivity index (χ0) is 26.2. The number of anilines is 1. The van der Waals surface area contributed by atoms with Crippen molar-refractivity contribution in [3.8, 4) is 16.9 Å². The van der Waals surface area contributed by atoms with Gasteiger partial charge in [-0.2, -0.15) is 8.78 Å². The normalized spacial score (nSPS) is 22.6. The summed E-state index contributed by atoms with van der Waals surface area (Å²) in [5.41, 5.74) is 3.84. The Labute approximate surface area is 219 Å². The van der Waals surface area contributed by atoms with Crippen molar-refractivity contribution in [3.63, 3.8) is 0 Å². The van der Waals surface area contributed by atoms with Gasteiger partial charge >= 0.3 is 12.6 Å². The highest BCUT2D eigenvalue weighted by Gasteiger charge is 2.42. The Bertz CT molecular complexity index is 1280. The third kappa shape index (κ3) is 4.84. The quantitative estimate of drug-likeness (QED) is 0.372. The van der Waals surface area contributed by atoms with Gasteiger partial charge in [0.1, 0.15) is 11.6 Å². The van der Waals surface area contributed by atoms with Gasteiger partial charge in [0.2, 0.25) is 0 Å². The molecule has 200 valence electrons. The van der Waals surface area contributed by atoms with Gasteiger partial charge in [-0.15, -0.1) is 0 Å². The maximum absolute atomic E-state index is 13.1. The van der Waals surface area contributed by atoms with Gasteiger partial charge in [-0.05, 0) is 50.5 Å². The number of rotatable bonds is 9. The van der Waals surface area contributed by atoms with Crippen LogP contribution < -0.4 is 9.64 Å². The molecule has 3 aliphatic rings. The lowest BCUT2D eigenvalue weighted by molar-refractivity contribution is -0.0494. The molecule has 0 radical (unpaired) electrons. The van der Waals surface area contributed by atoms with Crippen molar-refractivity contribution >= 4 is 11.8 Å². The summed E-state index contributed by atoms with van der Waals surface area (Å²) in [6.07, 6.45) is 11.1. The maximum atomic E-state index is 13.1. The number of hydrogen-bond donors (Lipinski definition) is 1. The molecule has 2 aliphatic heterocycles. The lowest BCUT2D eigenvalue weighted by atomic mass is 9.98. The Morgan fingerprint density at radius 1 is 1.08 bits per heavy atom. The Morgan fingerprint density at radius 2 is 1.84 bits per heavy atom. The SMILES string of the molecule is COC(=O)c1cnc(N2C3CCC2CC(OCc2c(-c4ccccc4OC(F)F)c[nH]c2C2CC2)C3)cn1. The number of nitrogens with zero attached hydrogens (tertiary/aromatic N) is 3. The number of esters is 1. The zero-order valence-corrected chi connectivity index (χ0v) is 21.1. The van der Waals surface area contributed by atoms with Crippen LogP contribution in [-0.4, -0.2) is 52.8 Å². The fourth-order valence-corrected chi connectivity index (χ4v) is 5.99. The van der Waals surface area contributed by atoms with E-state index in [1.807, 2.05) is 18.3 Å². The molecular weight excluding hydrogens is 494 g/mol. The summed E-state index contributed by atoms with van der Waals surface area (Å²) in [7, 11) is 1.32. The van der Waals surface area contributed by atoms with Gasteiger partial charge in [0, 0.05) is 40.7 Å². The van der Waals surface area contributed by atoms with Gasteiger partial charge in [-0.25, -0.2) is 14.8 Å². The van der Waals surface area contributed by atoms with Crippen molar-refractivity contribution in [3.05, 3.63) is 59.8 Å². The van der Waals surface area contributed by atoms with E-state index in [9.17, 15) is 13.6 Å². The van der Waals surface area contributed by atoms with E-state index in [-0.39, 0.29) is 29.6 Å². The van der Waals surface area contributed by atoms with E-state index in [2.05, 4.69) is 19.9 Å². The van der Waals surface area contributed by atoms with Crippen molar-refractivity contribution in [2.45, 2.75) is 75.8 Å². The molecule has 0 amide bonds. The molecule has 1 saturated carbocycles. The summed E-state index contributed by atoms with van der Waals surface area (Å²) in [5.74, 6) is 0.881. The third-order valence-corrected chi connectivity index (χ3v) is 7.85. The summed E-state index contributed by atoms with van der Waals surface area (Å²) < 4.78 is 42.2. The van der Waals surface area contributed by atoms with E-state index in [1.165, 1.54) is 13.3 Å². The Kier molecular flexibility index (Phi) is 6.73. The summed E-state index contributed by atoms with van der Waals surface area (Å²) in [6.45, 7) is -2.48. The van der Waals surface area contributed by atoms with Crippen LogP contribution in [0.2, 0.25) is 0 Å². The molecule has 1 aliphatic carbocycles. The molecule has 2 atom stereocenters. The number of hydrogen-bond acceptors (Lipinski definition) is 7. The monoisotopic (exact) mass is 524 g/mol. The number of halogens is 2. The number of ether oxygens (including phenoxy) is 3. The molecule has 1 aromatic carbocycles. The van der Waals surface area contributed by atoms with Crippen LogP contribution in [-0.2, 0) is 16.1 Å². The molecule has 8 nitrogen and oxygen atoms in total. The predicted molar refractivity (Wildman–Crippen MR) is 135 cm³/mol. The lowest BCUT2D eigenvalue weighted by Gasteiger charge is -2.39.